The molecule has 1 fully saturated rings. The molecule has 1 aliphatic rings. The fraction of sp³-hybridized carbons (Fsp3) is 0.263. The van der Waals surface area contributed by atoms with E-state index in [0.717, 1.165) is 16.1 Å². The third-order valence-electron chi connectivity index (χ3n) is 3.96. The van der Waals surface area contributed by atoms with Crippen LogP contribution in [-0.4, -0.2) is 30.4 Å². The fourth-order valence-electron chi connectivity index (χ4n) is 2.58. The Morgan fingerprint density at radius 3 is 2.85 bits per heavy atom. The molecule has 1 saturated heterocycles. The van der Waals surface area contributed by atoms with E-state index in [4.69, 9.17) is 16.3 Å². The summed E-state index contributed by atoms with van der Waals surface area (Å²) in [5.41, 5.74) is 1.70. The minimum atomic E-state index is -0.337. The lowest BCUT2D eigenvalue weighted by Crippen LogP contribution is -2.30. The topological polar surface area (TPSA) is 58.6 Å². The number of ether oxygens (including phenoxy) is 1. The van der Waals surface area contributed by atoms with E-state index in [-0.39, 0.29) is 17.3 Å². The summed E-state index contributed by atoms with van der Waals surface area (Å²) in [4.78, 5) is 26.5. The van der Waals surface area contributed by atoms with Crippen molar-refractivity contribution in [1.82, 2.24) is 5.32 Å². The zero-order chi connectivity index (χ0) is 18.5. The summed E-state index contributed by atoms with van der Waals surface area (Å²) in [7, 11) is 0. The Bertz CT molecular complexity index is 815. The van der Waals surface area contributed by atoms with Crippen LogP contribution in [0.2, 0.25) is 5.02 Å². The molecule has 0 bridgehead atoms. The Balaban J connectivity index is 1.57. The highest BCUT2D eigenvalue weighted by Crippen LogP contribution is 2.30. The van der Waals surface area contributed by atoms with E-state index < -0.39 is 0 Å². The van der Waals surface area contributed by atoms with E-state index in [1.807, 2.05) is 55.5 Å². The monoisotopic (exact) mass is 390 g/mol. The Morgan fingerprint density at radius 1 is 1.31 bits per heavy atom. The van der Waals surface area contributed by atoms with Crippen LogP contribution in [0.5, 0.6) is 0 Å². The zero-order valence-corrected chi connectivity index (χ0v) is 15.8. The second kappa shape index (κ2) is 8.47. The van der Waals surface area contributed by atoms with E-state index in [9.17, 15) is 9.59 Å². The summed E-state index contributed by atoms with van der Waals surface area (Å²) in [5.74, 6) is -0.0686. The van der Waals surface area contributed by atoms with Gasteiger partial charge in [-0.15, -0.1) is 11.8 Å². The Hall–Kier alpha value is -2.18. The number of hydrogen-bond acceptors (Lipinski definition) is 4. The number of nitrogens with one attached hydrogen (secondary N) is 1. The van der Waals surface area contributed by atoms with Crippen molar-refractivity contribution in [1.29, 1.82) is 0 Å². The number of halogens is 1. The lowest BCUT2D eigenvalue weighted by atomic mass is 10.2. The number of carbonyl (C=O) groups is 2. The maximum absolute atomic E-state index is 12.4. The first-order chi connectivity index (χ1) is 12.5. The molecule has 0 saturated carbocycles. The number of benzene rings is 2. The quantitative estimate of drug-likeness (QED) is 0.754. The third-order valence-corrected chi connectivity index (χ3v) is 5.58. The molecule has 5 nitrogen and oxygen atoms in total. The van der Waals surface area contributed by atoms with Crippen LogP contribution >= 0.6 is 23.4 Å². The average Bonchev–Trinajstić information content (AvgIpc) is 3.08. The van der Waals surface area contributed by atoms with Crippen LogP contribution in [0.25, 0.3) is 0 Å². The van der Waals surface area contributed by atoms with Gasteiger partial charge in [0.25, 0.3) is 0 Å². The molecule has 26 heavy (non-hydrogen) atoms. The van der Waals surface area contributed by atoms with Gasteiger partial charge in [-0.05, 0) is 36.8 Å². The lowest BCUT2D eigenvalue weighted by Gasteiger charge is -2.15. The highest BCUT2D eigenvalue weighted by Gasteiger charge is 2.23. The van der Waals surface area contributed by atoms with Crippen molar-refractivity contribution in [3.63, 3.8) is 0 Å². The molecule has 2 aromatic carbocycles. The molecule has 0 aliphatic carbocycles. The predicted octanol–water partition coefficient (Wildman–Crippen LogP) is 4.09. The van der Waals surface area contributed by atoms with Crippen LogP contribution in [0.1, 0.15) is 12.5 Å². The van der Waals surface area contributed by atoms with Gasteiger partial charge in [0.05, 0.1) is 16.8 Å². The summed E-state index contributed by atoms with van der Waals surface area (Å²) in [6.45, 7) is 3.18. The molecule has 7 heteroatoms. The molecule has 1 atom stereocenters. The molecule has 2 amide bonds. The van der Waals surface area contributed by atoms with Gasteiger partial charge < -0.3 is 10.1 Å². The van der Waals surface area contributed by atoms with Crippen molar-refractivity contribution in [2.45, 2.75) is 23.6 Å². The maximum atomic E-state index is 12.4. The first-order valence-electron chi connectivity index (χ1n) is 8.27. The van der Waals surface area contributed by atoms with Crippen LogP contribution in [0.15, 0.2) is 53.4 Å². The van der Waals surface area contributed by atoms with Gasteiger partial charge in [-0.2, -0.15) is 0 Å². The van der Waals surface area contributed by atoms with Crippen LogP contribution in [0.4, 0.5) is 10.5 Å². The maximum Gasteiger partial charge on any atom is 0.414 e. The van der Waals surface area contributed by atoms with Crippen molar-refractivity contribution < 1.29 is 14.3 Å². The summed E-state index contributed by atoms with van der Waals surface area (Å²) in [6, 6.07) is 15.0. The van der Waals surface area contributed by atoms with Crippen LogP contribution < -0.4 is 10.2 Å². The van der Waals surface area contributed by atoms with E-state index in [2.05, 4.69) is 5.32 Å². The molecule has 2 aromatic rings. The zero-order valence-electron chi connectivity index (χ0n) is 14.3. The van der Waals surface area contributed by atoms with Crippen molar-refractivity contribution in [3.8, 4) is 0 Å². The smallest absolute Gasteiger partial charge is 0.414 e. The molecule has 1 heterocycles. The number of cyclic esters (lactones) is 1. The number of nitrogens with zero attached hydrogens (tertiary/aromatic N) is 1. The molecule has 0 spiro atoms. The minimum absolute atomic E-state index is 0.0686. The van der Waals surface area contributed by atoms with Crippen molar-refractivity contribution in [2.75, 3.05) is 18.1 Å². The number of carbonyl (C=O) groups excluding carboxylic acids is 2. The normalized spacial score (nSPS) is 14.8. The summed E-state index contributed by atoms with van der Waals surface area (Å²) >= 11 is 7.57. The Kier molecular flexibility index (Phi) is 6.06. The molecule has 0 unspecified atom stereocenters. The van der Waals surface area contributed by atoms with E-state index >= 15 is 0 Å². The van der Waals surface area contributed by atoms with Crippen LogP contribution in [0.3, 0.4) is 0 Å². The summed E-state index contributed by atoms with van der Waals surface area (Å²) in [5, 5.41) is 3.30. The van der Waals surface area contributed by atoms with Gasteiger partial charge in [0.15, 0.2) is 0 Å². The SMILES string of the molecule is C[C@H](Sc1ccccc1Cl)C(=O)NCc1cccc(N2CCOC2=O)c1. The molecule has 0 radical (unpaired) electrons. The number of rotatable bonds is 6. The second-order valence-electron chi connectivity index (χ2n) is 5.84. The van der Waals surface area contributed by atoms with Gasteiger partial charge in [-0.25, -0.2) is 4.79 Å². The van der Waals surface area contributed by atoms with Crippen LogP contribution in [0, 0.1) is 0 Å². The molecular weight excluding hydrogens is 372 g/mol. The number of anilines is 1. The largest absolute Gasteiger partial charge is 0.447 e. The highest BCUT2D eigenvalue weighted by atomic mass is 35.5. The van der Waals surface area contributed by atoms with Gasteiger partial charge in [-0.3, -0.25) is 9.69 Å². The first kappa shape index (κ1) is 18.6. The molecule has 0 aromatic heterocycles. The van der Waals surface area contributed by atoms with Gasteiger partial charge in [-0.1, -0.05) is 35.9 Å². The van der Waals surface area contributed by atoms with Crippen molar-refractivity contribution in [2.24, 2.45) is 0 Å². The molecule has 136 valence electrons. The average molecular weight is 391 g/mol. The molecule has 1 N–H and O–H groups in total. The van der Waals surface area contributed by atoms with Gasteiger partial charge in [0.2, 0.25) is 5.91 Å². The number of thioether (sulfide) groups is 1. The van der Waals surface area contributed by atoms with E-state index in [1.54, 1.807) is 4.90 Å². The van der Waals surface area contributed by atoms with Gasteiger partial charge >= 0.3 is 6.09 Å². The molecule has 1 aliphatic heterocycles. The van der Waals surface area contributed by atoms with E-state index in [0.29, 0.717) is 24.7 Å². The van der Waals surface area contributed by atoms with Gasteiger partial charge in [0.1, 0.15) is 6.61 Å². The summed E-state index contributed by atoms with van der Waals surface area (Å²) < 4.78 is 4.96. The van der Waals surface area contributed by atoms with Crippen molar-refractivity contribution in [3.05, 3.63) is 59.1 Å². The Labute approximate surface area is 161 Å². The lowest BCUT2D eigenvalue weighted by molar-refractivity contribution is -0.120. The standard InChI is InChI=1S/C19H19ClN2O3S/c1-13(26-17-8-3-2-7-16(17)20)18(23)21-12-14-5-4-6-15(11-14)22-9-10-25-19(22)24/h2-8,11,13H,9-10,12H2,1H3,(H,21,23)/t13-/m0/s1. The second-order valence-corrected chi connectivity index (χ2v) is 7.63. The van der Waals surface area contributed by atoms with Gasteiger partial charge in [0, 0.05) is 17.1 Å². The third kappa shape index (κ3) is 4.51. The number of hydrogen-bond donors (Lipinski definition) is 1. The van der Waals surface area contributed by atoms with E-state index in [1.165, 1.54) is 11.8 Å². The first-order valence-corrected chi connectivity index (χ1v) is 9.52. The van der Waals surface area contributed by atoms with Crippen molar-refractivity contribution >= 4 is 41.1 Å². The molecular formula is C19H19ClN2O3S. The highest BCUT2D eigenvalue weighted by molar-refractivity contribution is 8.00. The molecule has 3 rings (SSSR count). The number of amides is 2. The fourth-order valence-corrected chi connectivity index (χ4v) is 3.76. The Morgan fingerprint density at radius 2 is 2.12 bits per heavy atom. The summed E-state index contributed by atoms with van der Waals surface area (Å²) in [6.07, 6.45) is -0.337. The predicted molar refractivity (Wildman–Crippen MR) is 104 cm³/mol. The van der Waals surface area contributed by atoms with Crippen LogP contribution in [-0.2, 0) is 16.1 Å². The minimum Gasteiger partial charge on any atom is -0.447 e.